The first-order valence-electron chi connectivity index (χ1n) is 9.62. The Morgan fingerprint density at radius 1 is 1.25 bits per heavy atom. The number of hydrogen-bond acceptors (Lipinski definition) is 4. The molecule has 0 radical (unpaired) electrons. The normalized spacial score (nSPS) is 18.2. The van der Waals surface area contributed by atoms with Gasteiger partial charge in [0, 0.05) is 25.0 Å². The summed E-state index contributed by atoms with van der Waals surface area (Å²) in [6.45, 7) is 7.14. The second kappa shape index (κ2) is 8.73. The fourth-order valence-electron chi connectivity index (χ4n) is 3.59. The molecule has 2 heterocycles. The Labute approximate surface area is 170 Å². The molecule has 2 aromatic rings. The maximum atomic E-state index is 12.9. The van der Waals surface area contributed by atoms with Gasteiger partial charge in [-0.15, -0.1) is 10.2 Å². The summed E-state index contributed by atoms with van der Waals surface area (Å²) in [4.78, 5) is 27.2. The van der Waals surface area contributed by atoms with E-state index in [9.17, 15) is 9.59 Å². The van der Waals surface area contributed by atoms with Gasteiger partial charge in [-0.2, -0.15) is 0 Å². The predicted molar refractivity (Wildman–Crippen MR) is 107 cm³/mol. The van der Waals surface area contributed by atoms with E-state index in [1.54, 1.807) is 37.5 Å². The van der Waals surface area contributed by atoms with Gasteiger partial charge in [-0.25, -0.2) is 0 Å². The summed E-state index contributed by atoms with van der Waals surface area (Å²) in [6.07, 6.45) is 3.61. The first kappa shape index (κ1) is 20.3. The maximum Gasteiger partial charge on any atom is 0.253 e. The van der Waals surface area contributed by atoms with Crippen LogP contribution in [0.3, 0.4) is 0 Å². The monoisotopic (exact) mass is 403 g/mol. The number of hydrogen-bond donors (Lipinski definition) is 1. The Hall–Kier alpha value is -2.41. The Bertz CT molecular complexity index is 851. The Balaban J connectivity index is 1.65. The average molecular weight is 404 g/mol. The number of nitrogens with zero attached hydrogens (tertiary/aromatic N) is 4. The molecule has 1 aliphatic rings. The number of carbonyl (C=O) groups excluding carboxylic acids is 2. The SMILES string of the molecule is CC(NC(=O)c1ccccc1Cl)C(=O)N1CCCC(c2nncn2C(C)C)C1. The zero-order chi connectivity index (χ0) is 20.3. The molecule has 1 aromatic heterocycles. The highest BCUT2D eigenvalue weighted by Gasteiger charge is 2.31. The second-order valence-corrected chi connectivity index (χ2v) is 7.90. The van der Waals surface area contributed by atoms with Gasteiger partial charge in [0.05, 0.1) is 10.6 Å². The molecule has 1 fully saturated rings. The van der Waals surface area contributed by atoms with E-state index in [0.717, 1.165) is 18.7 Å². The minimum Gasteiger partial charge on any atom is -0.340 e. The second-order valence-electron chi connectivity index (χ2n) is 7.49. The molecule has 2 amide bonds. The van der Waals surface area contributed by atoms with Crippen LogP contribution in [0.15, 0.2) is 30.6 Å². The molecule has 1 aliphatic heterocycles. The number of nitrogens with one attached hydrogen (secondary N) is 1. The largest absolute Gasteiger partial charge is 0.340 e. The van der Waals surface area contributed by atoms with Gasteiger partial charge in [0.2, 0.25) is 5.91 Å². The standard InChI is InChI=1S/C20H26ClN5O2/c1-13(2)26-12-22-24-18(26)15-7-6-10-25(11-15)20(28)14(3)23-19(27)16-8-4-5-9-17(16)21/h4-5,8-9,12-15H,6-7,10-11H2,1-3H3,(H,23,27). The van der Waals surface area contributed by atoms with Crippen LogP contribution in [0.25, 0.3) is 0 Å². The fourth-order valence-corrected chi connectivity index (χ4v) is 3.81. The van der Waals surface area contributed by atoms with Gasteiger partial charge in [0.1, 0.15) is 18.2 Å². The lowest BCUT2D eigenvalue weighted by atomic mass is 9.96. The number of likely N-dealkylation sites (tertiary alicyclic amines) is 1. The average Bonchev–Trinajstić information content (AvgIpc) is 3.18. The number of benzene rings is 1. The molecule has 28 heavy (non-hydrogen) atoms. The third-order valence-electron chi connectivity index (χ3n) is 5.09. The van der Waals surface area contributed by atoms with Crippen LogP contribution in [0, 0.1) is 0 Å². The Morgan fingerprint density at radius 2 is 2.00 bits per heavy atom. The summed E-state index contributed by atoms with van der Waals surface area (Å²) in [5, 5.41) is 11.5. The van der Waals surface area contributed by atoms with Gasteiger partial charge in [-0.05, 0) is 45.7 Å². The van der Waals surface area contributed by atoms with Crippen LogP contribution in [0.4, 0.5) is 0 Å². The number of rotatable bonds is 5. The third-order valence-corrected chi connectivity index (χ3v) is 5.42. The highest BCUT2D eigenvalue weighted by atomic mass is 35.5. The minimum absolute atomic E-state index is 0.0966. The van der Waals surface area contributed by atoms with E-state index in [1.807, 2.05) is 4.90 Å². The van der Waals surface area contributed by atoms with Crippen molar-refractivity contribution >= 4 is 23.4 Å². The lowest BCUT2D eigenvalue weighted by Gasteiger charge is -2.34. The molecule has 1 saturated heterocycles. The van der Waals surface area contributed by atoms with E-state index in [2.05, 4.69) is 33.9 Å². The topological polar surface area (TPSA) is 80.1 Å². The maximum absolute atomic E-state index is 12.9. The number of halogens is 1. The van der Waals surface area contributed by atoms with Crippen molar-refractivity contribution in [2.24, 2.45) is 0 Å². The van der Waals surface area contributed by atoms with Crippen molar-refractivity contribution in [3.05, 3.63) is 47.0 Å². The molecule has 0 saturated carbocycles. The number of piperidine rings is 1. The van der Waals surface area contributed by atoms with E-state index in [0.29, 0.717) is 23.7 Å². The summed E-state index contributed by atoms with van der Waals surface area (Å²) >= 11 is 6.08. The molecule has 1 aromatic carbocycles. The fraction of sp³-hybridized carbons (Fsp3) is 0.500. The highest BCUT2D eigenvalue weighted by Crippen LogP contribution is 2.27. The molecule has 2 unspecified atom stereocenters. The van der Waals surface area contributed by atoms with Crippen LogP contribution >= 0.6 is 11.6 Å². The highest BCUT2D eigenvalue weighted by molar-refractivity contribution is 6.33. The van der Waals surface area contributed by atoms with E-state index in [-0.39, 0.29) is 23.8 Å². The molecular formula is C20H26ClN5O2. The number of aromatic nitrogens is 3. The van der Waals surface area contributed by atoms with Crippen molar-refractivity contribution in [1.29, 1.82) is 0 Å². The van der Waals surface area contributed by atoms with Crippen LogP contribution in [0.2, 0.25) is 5.02 Å². The van der Waals surface area contributed by atoms with Gasteiger partial charge in [-0.1, -0.05) is 23.7 Å². The smallest absolute Gasteiger partial charge is 0.253 e. The summed E-state index contributed by atoms with van der Waals surface area (Å²) in [7, 11) is 0. The number of amides is 2. The van der Waals surface area contributed by atoms with Gasteiger partial charge in [0.15, 0.2) is 0 Å². The summed E-state index contributed by atoms with van der Waals surface area (Å²) in [6, 6.07) is 6.44. The number of carbonyl (C=O) groups is 2. The van der Waals surface area contributed by atoms with Crippen molar-refractivity contribution in [2.75, 3.05) is 13.1 Å². The van der Waals surface area contributed by atoms with Crippen LogP contribution < -0.4 is 5.32 Å². The first-order chi connectivity index (χ1) is 13.4. The molecule has 150 valence electrons. The zero-order valence-corrected chi connectivity index (χ0v) is 17.2. The van der Waals surface area contributed by atoms with Crippen LogP contribution in [0.1, 0.15) is 61.8 Å². The van der Waals surface area contributed by atoms with E-state index >= 15 is 0 Å². The van der Waals surface area contributed by atoms with Crippen LogP contribution in [-0.4, -0.2) is 50.6 Å². The molecule has 2 atom stereocenters. The lowest BCUT2D eigenvalue weighted by Crippen LogP contribution is -2.50. The Morgan fingerprint density at radius 3 is 2.71 bits per heavy atom. The van der Waals surface area contributed by atoms with Crippen molar-refractivity contribution in [3.63, 3.8) is 0 Å². The van der Waals surface area contributed by atoms with Gasteiger partial charge in [0.25, 0.3) is 5.91 Å². The summed E-state index contributed by atoms with van der Waals surface area (Å²) in [5.74, 6) is 0.620. The lowest BCUT2D eigenvalue weighted by molar-refractivity contribution is -0.134. The predicted octanol–water partition coefficient (Wildman–Crippen LogP) is 3.04. The molecule has 3 rings (SSSR count). The van der Waals surface area contributed by atoms with Crippen LogP contribution in [0.5, 0.6) is 0 Å². The van der Waals surface area contributed by atoms with Crippen molar-refractivity contribution in [3.8, 4) is 0 Å². The minimum atomic E-state index is -0.634. The van der Waals surface area contributed by atoms with Gasteiger partial charge in [-0.3, -0.25) is 9.59 Å². The summed E-state index contributed by atoms with van der Waals surface area (Å²) < 4.78 is 2.06. The molecule has 0 bridgehead atoms. The third kappa shape index (κ3) is 4.35. The van der Waals surface area contributed by atoms with Crippen molar-refractivity contribution in [2.45, 2.75) is 51.6 Å². The van der Waals surface area contributed by atoms with Crippen molar-refractivity contribution < 1.29 is 9.59 Å². The van der Waals surface area contributed by atoms with E-state index in [1.165, 1.54) is 0 Å². The summed E-state index contributed by atoms with van der Waals surface area (Å²) in [5.41, 5.74) is 0.366. The van der Waals surface area contributed by atoms with Gasteiger partial charge >= 0.3 is 0 Å². The quantitative estimate of drug-likeness (QED) is 0.832. The van der Waals surface area contributed by atoms with E-state index in [4.69, 9.17) is 11.6 Å². The molecule has 1 N–H and O–H groups in total. The molecule has 7 nitrogen and oxygen atoms in total. The molecular weight excluding hydrogens is 378 g/mol. The zero-order valence-electron chi connectivity index (χ0n) is 16.4. The van der Waals surface area contributed by atoms with Crippen LogP contribution in [-0.2, 0) is 4.79 Å². The van der Waals surface area contributed by atoms with Gasteiger partial charge < -0.3 is 14.8 Å². The first-order valence-corrected chi connectivity index (χ1v) is 9.99. The molecule has 0 spiro atoms. The molecule has 0 aliphatic carbocycles. The van der Waals surface area contributed by atoms with E-state index < -0.39 is 6.04 Å². The Kier molecular flexibility index (Phi) is 6.34. The van der Waals surface area contributed by atoms with Crippen molar-refractivity contribution in [1.82, 2.24) is 25.0 Å². The molecule has 8 heteroatoms.